The Hall–Kier alpha value is -3.12. The summed E-state index contributed by atoms with van der Waals surface area (Å²) in [5, 5.41) is 13.1. The van der Waals surface area contributed by atoms with Crippen LogP contribution in [-0.4, -0.2) is 21.2 Å². The van der Waals surface area contributed by atoms with Crippen LogP contribution in [0.5, 0.6) is 0 Å². The summed E-state index contributed by atoms with van der Waals surface area (Å²) in [6.45, 7) is 0. The summed E-state index contributed by atoms with van der Waals surface area (Å²) in [4.78, 5) is 4.39. The summed E-state index contributed by atoms with van der Waals surface area (Å²) in [5.41, 5.74) is 17.2. The van der Waals surface area contributed by atoms with Crippen molar-refractivity contribution < 1.29 is 0 Å². The van der Waals surface area contributed by atoms with Crippen LogP contribution in [0.3, 0.4) is 0 Å². The second kappa shape index (κ2) is 6.31. The van der Waals surface area contributed by atoms with Crippen molar-refractivity contribution in [3.05, 3.63) is 70.4 Å². The van der Waals surface area contributed by atoms with Crippen LogP contribution in [0.4, 0.5) is 5.95 Å². The zero-order chi connectivity index (χ0) is 18.3. The Morgan fingerprint density at radius 2 is 1.92 bits per heavy atom. The van der Waals surface area contributed by atoms with Gasteiger partial charge < -0.3 is 11.5 Å². The fourth-order valence-electron chi connectivity index (χ4n) is 3.22. The van der Waals surface area contributed by atoms with Crippen molar-refractivity contribution in [2.45, 2.75) is 12.8 Å². The third kappa shape index (κ3) is 2.84. The summed E-state index contributed by atoms with van der Waals surface area (Å²) in [6.07, 6.45) is 3.38. The van der Waals surface area contributed by atoms with E-state index in [4.69, 9.17) is 28.5 Å². The summed E-state index contributed by atoms with van der Waals surface area (Å²) in [5.74, 6) is 0.397. The van der Waals surface area contributed by atoms with Gasteiger partial charge in [0.05, 0.1) is 17.6 Å². The lowest BCUT2D eigenvalue weighted by molar-refractivity contribution is 0.883. The van der Waals surface area contributed by atoms with Crippen LogP contribution < -0.4 is 11.5 Å². The molecule has 1 aromatic heterocycles. The van der Waals surface area contributed by atoms with Crippen molar-refractivity contribution in [2.75, 3.05) is 5.73 Å². The van der Waals surface area contributed by atoms with Crippen molar-refractivity contribution in [1.29, 1.82) is 5.41 Å². The van der Waals surface area contributed by atoms with Crippen LogP contribution in [0, 0.1) is 5.41 Å². The number of hydrogen-bond acceptors (Lipinski definition) is 4. The lowest BCUT2D eigenvalue weighted by Crippen LogP contribution is -2.13. The van der Waals surface area contributed by atoms with Gasteiger partial charge in [0.25, 0.3) is 0 Å². The van der Waals surface area contributed by atoms with Crippen LogP contribution >= 0.6 is 11.6 Å². The van der Waals surface area contributed by atoms with Crippen molar-refractivity contribution in [3.8, 4) is 11.3 Å². The molecule has 1 aliphatic carbocycles. The summed E-state index contributed by atoms with van der Waals surface area (Å²) >= 11 is 5.94. The predicted molar refractivity (Wildman–Crippen MR) is 105 cm³/mol. The lowest BCUT2D eigenvalue weighted by Gasteiger charge is -2.06. The van der Waals surface area contributed by atoms with Gasteiger partial charge >= 0.3 is 0 Å². The van der Waals surface area contributed by atoms with Gasteiger partial charge in [-0.25, -0.2) is 9.66 Å². The number of amidine groups is 1. The third-order valence-corrected chi connectivity index (χ3v) is 4.72. The third-order valence-electron chi connectivity index (χ3n) is 4.47. The number of halogens is 1. The number of rotatable bonds is 3. The lowest BCUT2D eigenvalue weighted by atomic mass is 10.0. The minimum Gasteiger partial charge on any atom is -0.384 e. The number of nitrogens with zero attached hydrogens (tertiary/aromatic N) is 3. The molecular formula is C19H17ClN6. The molecule has 3 aromatic rings. The highest BCUT2D eigenvalue weighted by atomic mass is 35.5. The molecule has 1 heterocycles. The Bertz CT molecular complexity index is 1030. The highest BCUT2D eigenvalue weighted by molar-refractivity contribution is 6.30. The van der Waals surface area contributed by atoms with E-state index >= 15 is 0 Å². The van der Waals surface area contributed by atoms with Gasteiger partial charge in [0.1, 0.15) is 5.84 Å². The molecule has 26 heavy (non-hydrogen) atoms. The van der Waals surface area contributed by atoms with Gasteiger partial charge in [0.2, 0.25) is 5.95 Å². The van der Waals surface area contributed by atoms with Crippen LogP contribution in [0.2, 0.25) is 5.02 Å². The molecule has 0 radical (unpaired) electrons. The van der Waals surface area contributed by atoms with Gasteiger partial charge in [-0.05, 0) is 30.5 Å². The molecule has 0 bridgehead atoms. The predicted octanol–water partition coefficient (Wildman–Crippen LogP) is 3.27. The zero-order valence-corrected chi connectivity index (χ0v) is 14.7. The van der Waals surface area contributed by atoms with Gasteiger partial charge in [-0.2, -0.15) is 5.10 Å². The Kier molecular flexibility index (Phi) is 3.97. The minimum absolute atomic E-state index is 0.0790. The molecular weight excluding hydrogens is 348 g/mol. The molecule has 4 rings (SSSR count). The average Bonchev–Trinajstić information content (AvgIpc) is 3.20. The van der Waals surface area contributed by atoms with E-state index in [1.807, 2.05) is 42.5 Å². The first-order valence-electron chi connectivity index (χ1n) is 8.18. The van der Waals surface area contributed by atoms with Crippen molar-refractivity contribution in [3.63, 3.8) is 0 Å². The molecule has 6 nitrogen and oxygen atoms in total. The maximum absolute atomic E-state index is 7.73. The molecule has 2 aromatic carbocycles. The quantitative estimate of drug-likeness (QED) is 0.490. The van der Waals surface area contributed by atoms with E-state index in [1.54, 1.807) is 10.9 Å². The molecule has 0 saturated carbocycles. The van der Waals surface area contributed by atoms with Crippen LogP contribution in [0.1, 0.15) is 23.1 Å². The second-order valence-corrected chi connectivity index (χ2v) is 6.56. The van der Waals surface area contributed by atoms with E-state index in [0.29, 0.717) is 11.0 Å². The molecule has 0 saturated heterocycles. The fraction of sp³-hybridized carbons (Fsp3) is 0.105. The largest absolute Gasteiger partial charge is 0.384 e. The first kappa shape index (κ1) is 16.4. The van der Waals surface area contributed by atoms with E-state index in [1.165, 1.54) is 0 Å². The van der Waals surface area contributed by atoms with E-state index in [9.17, 15) is 0 Å². The average molecular weight is 365 g/mol. The smallest absolute Gasteiger partial charge is 0.221 e. The first-order valence-corrected chi connectivity index (χ1v) is 8.56. The van der Waals surface area contributed by atoms with Crippen LogP contribution in [0.15, 0.2) is 53.8 Å². The molecule has 0 spiro atoms. The number of hydrogen-bond donors (Lipinski definition) is 3. The van der Waals surface area contributed by atoms with Crippen LogP contribution in [0.25, 0.3) is 11.3 Å². The van der Waals surface area contributed by atoms with Crippen molar-refractivity contribution in [1.82, 2.24) is 9.66 Å². The summed E-state index contributed by atoms with van der Waals surface area (Å²) in [6, 6.07) is 13.2. The molecule has 0 unspecified atom stereocenters. The number of nitrogens with one attached hydrogen (secondary N) is 1. The number of anilines is 1. The Morgan fingerprint density at radius 3 is 2.65 bits per heavy atom. The zero-order valence-electron chi connectivity index (χ0n) is 13.9. The van der Waals surface area contributed by atoms with E-state index < -0.39 is 0 Å². The number of imidazole rings is 1. The standard InChI is InChI=1S/C19H17ClN6/c20-12-6-4-11(5-7-12)17-10-26(19(23)24-17)25-16-9-8-13-14(16)2-1-3-15(13)18(21)22/h1-7,10H,8-9H2,(H3,21,22)(H2,23,24)/b25-16+. The Morgan fingerprint density at radius 1 is 1.15 bits per heavy atom. The van der Waals surface area contributed by atoms with Gasteiger partial charge in [-0.3, -0.25) is 5.41 Å². The second-order valence-electron chi connectivity index (χ2n) is 6.13. The number of aromatic nitrogens is 2. The fourth-order valence-corrected chi connectivity index (χ4v) is 3.34. The molecule has 7 heteroatoms. The molecule has 1 aliphatic rings. The van der Waals surface area contributed by atoms with Gasteiger partial charge in [-0.15, -0.1) is 0 Å². The molecule has 0 aliphatic heterocycles. The highest BCUT2D eigenvalue weighted by Crippen LogP contribution is 2.27. The minimum atomic E-state index is 0.0790. The first-order chi connectivity index (χ1) is 12.5. The van der Waals surface area contributed by atoms with Crippen LogP contribution in [-0.2, 0) is 6.42 Å². The number of fused-ring (bicyclic) bond motifs is 1. The monoisotopic (exact) mass is 364 g/mol. The summed E-state index contributed by atoms with van der Waals surface area (Å²) in [7, 11) is 0. The molecule has 0 amide bonds. The molecule has 130 valence electrons. The van der Waals surface area contributed by atoms with E-state index in [2.05, 4.69) is 10.1 Å². The SMILES string of the molecule is N=C(N)c1cccc2c1CC/C2=N\n1cc(-c2ccc(Cl)cc2)nc1N. The van der Waals surface area contributed by atoms with Crippen molar-refractivity contribution in [2.24, 2.45) is 10.8 Å². The molecule has 5 N–H and O–H groups in total. The van der Waals surface area contributed by atoms with Gasteiger partial charge in [0.15, 0.2) is 0 Å². The van der Waals surface area contributed by atoms with Gasteiger partial charge in [0, 0.05) is 21.7 Å². The van der Waals surface area contributed by atoms with E-state index in [0.717, 1.165) is 46.5 Å². The maximum atomic E-state index is 7.73. The Balaban J connectivity index is 1.72. The molecule has 0 atom stereocenters. The number of nitrogen functional groups attached to an aromatic ring is 2. The maximum Gasteiger partial charge on any atom is 0.221 e. The molecule has 0 fully saturated rings. The number of benzene rings is 2. The normalized spacial score (nSPS) is 14.6. The topological polar surface area (TPSA) is 106 Å². The van der Waals surface area contributed by atoms with Gasteiger partial charge in [-0.1, -0.05) is 41.9 Å². The Labute approximate surface area is 155 Å². The van der Waals surface area contributed by atoms with Crippen molar-refractivity contribution >= 4 is 29.1 Å². The number of nitrogens with two attached hydrogens (primary N) is 2. The summed E-state index contributed by atoms with van der Waals surface area (Å²) < 4.78 is 1.59. The van der Waals surface area contributed by atoms with E-state index in [-0.39, 0.29) is 5.84 Å². The highest BCUT2D eigenvalue weighted by Gasteiger charge is 2.22.